The molecule has 28 heavy (non-hydrogen) atoms. The lowest BCUT2D eigenvalue weighted by Crippen LogP contribution is -2.27. The third-order valence-corrected chi connectivity index (χ3v) is 4.64. The fourth-order valence-electron chi connectivity index (χ4n) is 3.18. The van der Waals surface area contributed by atoms with Crippen LogP contribution in [0.3, 0.4) is 0 Å². The zero-order valence-corrected chi connectivity index (χ0v) is 16.7. The second-order valence-electron chi connectivity index (χ2n) is 7.12. The normalized spacial score (nSPS) is 14.3. The average Bonchev–Trinajstić information content (AvgIpc) is 3.18. The van der Waals surface area contributed by atoms with Crippen LogP contribution in [0.25, 0.3) is 11.6 Å². The molecule has 2 heterocycles. The molecule has 0 radical (unpaired) electrons. The number of amides is 2. The molecule has 1 aromatic heterocycles. The maximum absolute atomic E-state index is 12.4. The summed E-state index contributed by atoms with van der Waals surface area (Å²) in [6.45, 7) is 3.40. The number of fused-ring (bicyclic) bond motifs is 1. The van der Waals surface area contributed by atoms with Crippen LogP contribution in [0.1, 0.15) is 33.7 Å². The number of methoxy groups -OCH3 is 1. The van der Waals surface area contributed by atoms with Crippen molar-refractivity contribution in [3.63, 3.8) is 0 Å². The molecule has 1 aliphatic heterocycles. The highest BCUT2D eigenvalue weighted by molar-refractivity contribution is 6.34. The number of benzene rings is 1. The Kier molecular flexibility index (Phi) is 5.84. The Morgan fingerprint density at radius 3 is 2.79 bits per heavy atom. The van der Waals surface area contributed by atoms with Crippen molar-refractivity contribution in [2.24, 2.45) is 0 Å². The summed E-state index contributed by atoms with van der Waals surface area (Å²) in [4.78, 5) is 30.0. The molecule has 2 amide bonds. The molecule has 3 rings (SSSR count). The fraction of sp³-hybridized carbons (Fsp3) is 0.333. The maximum atomic E-state index is 12.4. The summed E-state index contributed by atoms with van der Waals surface area (Å²) in [5, 5.41) is 5.77. The number of nitrogens with zero attached hydrogens (tertiary/aromatic N) is 1. The zero-order valence-electron chi connectivity index (χ0n) is 16.7. The molecule has 0 aliphatic carbocycles. The summed E-state index contributed by atoms with van der Waals surface area (Å²) < 4.78 is 5.26. The molecule has 0 bridgehead atoms. The Morgan fingerprint density at radius 1 is 1.29 bits per heavy atom. The van der Waals surface area contributed by atoms with Crippen molar-refractivity contribution < 1.29 is 14.3 Å². The van der Waals surface area contributed by atoms with E-state index in [0.29, 0.717) is 29.3 Å². The number of rotatable bonds is 7. The standard InChI is InChI=1S/C21H26N4O3/c1-13-10-14(23-19(13)21(27)22-8-5-9-25(2)3)11-17-16-12-15(28-4)6-7-18(16)24-20(17)26/h6-7,10-12,23H,5,8-9H2,1-4H3,(H,22,27)(H,24,26)/b17-11-. The van der Waals surface area contributed by atoms with E-state index in [-0.39, 0.29) is 11.8 Å². The molecule has 0 spiro atoms. The second kappa shape index (κ2) is 8.31. The minimum absolute atomic E-state index is 0.140. The van der Waals surface area contributed by atoms with Gasteiger partial charge in [0.2, 0.25) is 0 Å². The lowest BCUT2D eigenvalue weighted by Gasteiger charge is -2.09. The number of aromatic amines is 1. The summed E-state index contributed by atoms with van der Waals surface area (Å²) in [6.07, 6.45) is 2.64. The first kappa shape index (κ1) is 19.7. The van der Waals surface area contributed by atoms with E-state index in [1.165, 1.54) is 0 Å². The molecule has 0 fully saturated rings. The predicted octanol–water partition coefficient (Wildman–Crippen LogP) is 2.51. The van der Waals surface area contributed by atoms with Crippen LogP contribution in [-0.4, -0.2) is 56.0 Å². The number of carbonyl (C=O) groups is 2. The van der Waals surface area contributed by atoms with Crippen molar-refractivity contribution in [3.8, 4) is 5.75 Å². The van der Waals surface area contributed by atoms with Gasteiger partial charge in [-0.05, 0) is 69.9 Å². The first-order valence-corrected chi connectivity index (χ1v) is 9.23. The van der Waals surface area contributed by atoms with Gasteiger partial charge in [0.1, 0.15) is 11.4 Å². The second-order valence-corrected chi connectivity index (χ2v) is 7.12. The highest BCUT2D eigenvalue weighted by atomic mass is 16.5. The Hall–Kier alpha value is -3.06. The Labute approximate surface area is 164 Å². The molecule has 2 aromatic rings. The molecule has 0 saturated carbocycles. The van der Waals surface area contributed by atoms with Crippen LogP contribution in [0.2, 0.25) is 0 Å². The Bertz CT molecular complexity index is 928. The number of hydrogen-bond donors (Lipinski definition) is 3. The molecule has 3 N–H and O–H groups in total. The first-order chi connectivity index (χ1) is 13.4. The highest BCUT2D eigenvalue weighted by Crippen LogP contribution is 2.35. The number of carbonyl (C=O) groups excluding carboxylic acids is 2. The molecule has 1 aromatic carbocycles. The summed E-state index contributed by atoms with van der Waals surface area (Å²) in [5.41, 5.74) is 4.12. The topological polar surface area (TPSA) is 86.5 Å². The predicted molar refractivity (Wildman–Crippen MR) is 111 cm³/mol. The fourth-order valence-corrected chi connectivity index (χ4v) is 3.18. The monoisotopic (exact) mass is 382 g/mol. The quantitative estimate of drug-likeness (QED) is 0.507. The SMILES string of the molecule is COc1ccc2c(c1)/C(=C/c1cc(C)c(C(=O)NCCCN(C)C)[nH]1)C(=O)N2. The molecule has 0 unspecified atom stereocenters. The minimum atomic E-state index is -0.176. The van der Waals surface area contributed by atoms with Gasteiger partial charge >= 0.3 is 0 Å². The molecule has 1 aliphatic rings. The summed E-state index contributed by atoms with van der Waals surface area (Å²) in [6, 6.07) is 7.32. The van der Waals surface area contributed by atoms with E-state index in [1.807, 2.05) is 39.2 Å². The van der Waals surface area contributed by atoms with E-state index in [4.69, 9.17) is 4.74 Å². The Balaban J connectivity index is 1.78. The summed E-state index contributed by atoms with van der Waals surface area (Å²) >= 11 is 0. The van der Waals surface area contributed by atoms with Gasteiger partial charge in [-0.25, -0.2) is 0 Å². The van der Waals surface area contributed by atoms with E-state index in [1.54, 1.807) is 19.3 Å². The number of H-pyrrole nitrogens is 1. The van der Waals surface area contributed by atoms with Crippen LogP contribution < -0.4 is 15.4 Å². The van der Waals surface area contributed by atoms with Gasteiger partial charge in [0, 0.05) is 23.5 Å². The molecule has 0 saturated heterocycles. The van der Waals surface area contributed by atoms with Gasteiger partial charge < -0.3 is 25.3 Å². The molecule has 7 nitrogen and oxygen atoms in total. The number of aryl methyl sites for hydroxylation is 1. The van der Waals surface area contributed by atoms with Crippen molar-refractivity contribution in [1.82, 2.24) is 15.2 Å². The van der Waals surface area contributed by atoms with E-state index >= 15 is 0 Å². The number of hydrogen-bond acceptors (Lipinski definition) is 4. The van der Waals surface area contributed by atoms with E-state index < -0.39 is 0 Å². The molecule has 148 valence electrons. The zero-order chi connectivity index (χ0) is 20.3. The third-order valence-electron chi connectivity index (χ3n) is 4.64. The number of aromatic nitrogens is 1. The van der Waals surface area contributed by atoms with Gasteiger partial charge in [-0.2, -0.15) is 0 Å². The van der Waals surface area contributed by atoms with Crippen LogP contribution in [0.15, 0.2) is 24.3 Å². The van der Waals surface area contributed by atoms with Crippen LogP contribution in [0, 0.1) is 6.92 Å². The van der Waals surface area contributed by atoms with Gasteiger partial charge in [0.05, 0.1) is 12.7 Å². The first-order valence-electron chi connectivity index (χ1n) is 9.23. The lowest BCUT2D eigenvalue weighted by molar-refractivity contribution is -0.110. The highest BCUT2D eigenvalue weighted by Gasteiger charge is 2.25. The average molecular weight is 382 g/mol. The lowest BCUT2D eigenvalue weighted by atomic mass is 10.1. The summed E-state index contributed by atoms with van der Waals surface area (Å²) in [7, 11) is 5.60. The Morgan fingerprint density at radius 2 is 2.07 bits per heavy atom. The maximum Gasteiger partial charge on any atom is 0.267 e. The molecular formula is C21H26N4O3. The number of anilines is 1. The van der Waals surface area contributed by atoms with Crippen molar-refractivity contribution in [2.75, 3.05) is 39.6 Å². The van der Waals surface area contributed by atoms with Gasteiger partial charge in [-0.1, -0.05) is 0 Å². The van der Waals surface area contributed by atoms with Crippen LogP contribution in [0.4, 0.5) is 5.69 Å². The van der Waals surface area contributed by atoms with Crippen molar-refractivity contribution in [2.45, 2.75) is 13.3 Å². The van der Waals surface area contributed by atoms with Gasteiger partial charge in [-0.15, -0.1) is 0 Å². The number of ether oxygens (including phenoxy) is 1. The van der Waals surface area contributed by atoms with Crippen LogP contribution in [0.5, 0.6) is 5.75 Å². The van der Waals surface area contributed by atoms with Crippen molar-refractivity contribution in [3.05, 3.63) is 46.8 Å². The van der Waals surface area contributed by atoms with Crippen molar-refractivity contribution in [1.29, 1.82) is 0 Å². The van der Waals surface area contributed by atoms with E-state index in [0.717, 1.165) is 29.8 Å². The summed E-state index contributed by atoms with van der Waals surface area (Å²) in [5.74, 6) is 0.366. The molecular weight excluding hydrogens is 356 g/mol. The third kappa shape index (κ3) is 4.26. The van der Waals surface area contributed by atoms with Crippen molar-refractivity contribution >= 4 is 29.2 Å². The van der Waals surface area contributed by atoms with E-state index in [9.17, 15) is 9.59 Å². The smallest absolute Gasteiger partial charge is 0.267 e. The van der Waals surface area contributed by atoms with Gasteiger partial charge in [0.25, 0.3) is 11.8 Å². The molecule has 7 heteroatoms. The van der Waals surface area contributed by atoms with Crippen LogP contribution in [-0.2, 0) is 4.79 Å². The van der Waals surface area contributed by atoms with Crippen LogP contribution >= 0.6 is 0 Å². The van der Waals surface area contributed by atoms with Gasteiger partial charge in [0.15, 0.2) is 0 Å². The van der Waals surface area contributed by atoms with E-state index in [2.05, 4.69) is 20.5 Å². The number of nitrogens with one attached hydrogen (secondary N) is 3. The minimum Gasteiger partial charge on any atom is -0.497 e. The molecule has 0 atom stereocenters. The van der Waals surface area contributed by atoms with Gasteiger partial charge in [-0.3, -0.25) is 9.59 Å². The largest absolute Gasteiger partial charge is 0.497 e.